The predicted molar refractivity (Wildman–Crippen MR) is 91.7 cm³/mol. The number of halogens is 8. The lowest BCUT2D eigenvalue weighted by Crippen LogP contribution is -2.25. The molecule has 0 aliphatic carbocycles. The minimum Gasteiger partial charge on any atom is -0.337 e. The summed E-state index contributed by atoms with van der Waals surface area (Å²) in [7, 11) is 0. The first-order valence-corrected chi connectivity index (χ1v) is 8.27. The zero-order valence-electron chi connectivity index (χ0n) is 14.5. The largest absolute Gasteiger partial charge is 0.436 e. The SMILES string of the molecule is CC(C)(C)n1nc(C(F)(F)F)c(C#N)c1Nc1c(Cl)cc(C(F)(F)F)cc1Cl. The van der Waals surface area contributed by atoms with E-state index in [9.17, 15) is 31.6 Å². The number of anilines is 2. The van der Waals surface area contributed by atoms with E-state index in [0.717, 1.165) is 4.68 Å². The van der Waals surface area contributed by atoms with Crippen molar-refractivity contribution in [2.45, 2.75) is 38.7 Å². The Bertz CT molecular complexity index is 925. The number of nitrogens with zero attached hydrogens (tertiary/aromatic N) is 3. The molecule has 0 radical (unpaired) electrons. The minimum atomic E-state index is -4.92. The van der Waals surface area contributed by atoms with E-state index in [1.165, 1.54) is 26.8 Å². The van der Waals surface area contributed by atoms with Gasteiger partial charge in [0.2, 0.25) is 0 Å². The predicted octanol–water partition coefficient (Wildman–Crippen LogP) is 6.60. The highest BCUT2D eigenvalue weighted by Crippen LogP contribution is 2.42. The first-order chi connectivity index (χ1) is 12.6. The highest BCUT2D eigenvalue weighted by Gasteiger charge is 2.41. The Morgan fingerprint density at radius 2 is 1.50 bits per heavy atom. The smallest absolute Gasteiger partial charge is 0.337 e. The maximum absolute atomic E-state index is 13.3. The molecule has 152 valence electrons. The van der Waals surface area contributed by atoms with Crippen LogP contribution in [-0.2, 0) is 17.9 Å². The van der Waals surface area contributed by atoms with Crippen LogP contribution in [0.4, 0.5) is 37.8 Å². The molecule has 1 aromatic carbocycles. The Balaban J connectivity index is 2.71. The van der Waals surface area contributed by atoms with Crippen LogP contribution in [0.3, 0.4) is 0 Å². The van der Waals surface area contributed by atoms with E-state index >= 15 is 0 Å². The number of benzene rings is 1. The molecule has 2 aromatic rings. The fourth-order valence-corrected chi connectivity index (χ4v) is 2.88. The molecule has 0 atom stereocenters. The second-order valence-electron chi connectivity index (χ2n) is 6.70. The van der Waals surface area contributed by atoms with Crippen LogP contribution >= 0.6 is 23.2 Å². The molecule has 12 heteroatoms. The van der Waals surface area contributed by atoms with Gasteiger partial charge in [-0.3, -0.25) is 0 Å². The van der Waals surface area contributed by atoms with Gasteiger partial charge in [-0.2, -0.15) is 36.7 Å². The number of hydrogen-bond donors (Lipinski definition) is 1. The Hall–Kier alpha value is -2.12. The molecular weight excluding hydrogens is 433 g/mol. The van der Waals surface area contributed by atoms with Crippen molar-refractivity contribution in [2.75, 3.05) is 5.32 Å². The van der Waals surface area contributed by atoms with Crippen LogP contribution in [0.25, 0.3) is 0 Å². The van der Waals surface area contributed by atoms with Crippen LogP contribution < -0.4 is 5.32 Å². The standard InChI is InChI=1S/C16H12Cl2F6N4/c1-14(2,3)28-13(8(6-25)12(27-28)16(22,23)24)26-11-9(17)4-7(5-10(11)18)15(19,20)21/h4-5,26H,1-3H3. The van der Waals surface area contributed by atoms with Crippen LogP contribution in [0.2, 0.25) is 10.0 Å². The Morgan fingerprint density at radius 3 is 1.86 bits per heavy atom. The molecule has 1 heterocycles. The average molecular weight is 445 g/mol. The maximum Gasteiger partial charge on any atom is 0.436 e. The monoisotopic (exact) mass is 444 g/mol. The molecule has 4 nitrogen and oxygen atoms in total. The van der Waals surface area contributed by atoms with Gasteiger partial charge < -0.3 is 5.32 Å². The maximum atomic E-state index is 13.3. The quantitative estimate of drug-likeness (QED) is 0.531. The van der Waals surface area contributed by atoms with Crippen LogP contribution in [-0.4, -0.2) is 9.78 Å². The highest BCUT2D eigenvalue weighted by molar-refractivity contribution is 6.39. The molecule has 0 saturated carbocycles. The Morgan fingerprint density at radius 1 is 1.00 bits per heavy atom. The van der Waals surface area contributed by atoms with Gasteiger partial charge in [0.15, 0.2) is 5.69 Å². The molecule has 28 heavy (non-hydrogen) atoms. The van der Waals surface area contributed by atoms with Crippen molar-refractivity contribution in [3.8, 4) is 6.07 Å². The zero-order valence-corrected chi connectivity index (χ0v) is 16.0. The zero-order chi connectivity index (χ0) is 21.7. The second-order valence-corrected chi connectivity index (χ2v) is 7.52. The fraction of sp³-hybridized carbons (Fsp3) is 0.375. The van der Waals surface area contributed by atoms with Gasteiger partial charge in [0.25, 0.3) is 0 Å². The van der Waals surface area contributed by atoms with Gasteiger partial charge in [-0.25, -0.2) is 4.68 Å². The van der Waals surface area contributed by atoms with Crippen LogP contribution in [0.15, 0.2) is 12.1 Å². The molecule has 2 rings (SSSR count). The summed E-state index contributed by atoms with van der Waals surface area (Å²) in [6, 6.07) is 2.57. The molecule has 0 aliphatic heterocycles. The van der Waals surface area contributed by atoms with Crippen LogP contribution in [0, 0.1) is 11.3 Å². The van der Waals surface area contributed by atoms with Gasteiger partial charge in [0, 0.05) is 0 Å². The van der Waals surface area contributed by atoms with E-state index in [-0.39, 0.29) is 5.69 Å². The Kier molecular flexibility index (Phi) is 5.58. The molecule has 0 spiro atoms. The van der Waals surface area contributed by atoms with Crippen molar-refractivity contribution in [1.82, 2.24) is 9.78 Å². The summed E-state index contributed by atoms with van der Waals surface area (Å²) in [4.78, 5) is 0. The summed E-state index contributed by atoms with van der Waals surface area (Å²) in [6.07, 6.45) is -9.65. The summed E-state index contributed by atoms with van der Waals surface area (Å²) in [5.41, 5.74) is -4.70. The van der Waals surface area contributed by atoms with Gasteiger partial charge in [0.05, 0.1) is 26.8 Å². The van der Waals surface area contributed by atoms with Crippen molar-refractivity contribution in [2.24, 2.45) is 0 Å². The number of alkyl halides is 6. The number of nitrogens with one attached hydrogen (secondary N) is 1. The number of rotatable bonds is 2. The molecular formula is C16H12Cl2F6N4. The molecule has 0 unspecified atom stereocenters. The third kappa shape index (κ3) is 4.31. The average Bonchev–Trinajstić information content (AvgIpc) is 2.88. The Labute approximate surface area is 165 Å². The van der Waals surface area contributed by atoms with E-state index in [2.05, 4.69) is 10.4 Å². The lowest BCUT2D eigenvalue weighted by molar-refractivity contribution is -0.142. The van der Waals surface area contributed by atoms with Crippen molar-refractivity contribution >= 4 is 34.7 Å². The second kappa shape index (κ2) is 7.04. The molecule has 1 aromatic heterocycles. The molecule has 1 N–H and O–H groups in total. The summed E-state index contributed by atoms with van der Waals surface area (Å²) in [5.74, 6) is -0.397. The van der Waals surface area contributed by atoms with Gasteiger partial charge in [-0.05, 0) is 32.9 Å². The van der Waals surface area contributed by atoms with Crippen molar-refractivity contribution in [3.05, 3.63) is 39.0 Å². The lowest BCUT2D eigenvalue weighted by atomic mass is 10.1. The molecule has 0 fully saturated rings. The van der Waals surface area contributed by atoms with E-state index in [1.807, 2.05) is 0 Å². The molecule has 0 bridgehead atoms. The van der Waals surface area contributed by atoms with Crippen LogP contribution in [0.5, 0.6) is 0 Å². The normalized spacial score (nSPS) is 12.8. The molecule has 0 aliphatic rings. The fourth-order valence-electron chi connectivity index (χ4n) is 2.30. The van der Waals surface area contributed by atoms with Crippen molar-refractivity contribution in [3.63, 3.8) is 0 Å². The summed E-state index contributed by atoms with van der Waals surface area (Å²) < 4.78 is 79.3. The van der Waals surface area contributed by atoms with E-state index in [4.69, 9.17) is 23.2 Å². The first kappa shape index (κ1) is 22.2. The van der Waals surface area contributed by atoms with E-state index < -0.39 is 50.6 Å². The molecule has 0 amide bonds. The van der Waals surface area contributed by atoms with Crippen molar-refractivity contribution in [1.29, 1.82) is 5.26 Å². The third-order valence-corrected chi connectivity index (χ3v) is 4.11. The summed E-state index contributed by atoms with van der Waals surface area (Å²) in [6.45, 7) is 4.59. The molecule has 0 saturated heterocycles. The van der Waals surface area contributed by atoms with Gasteiger partial charge in [-0.15, -0.1) is 0 Å². The first-order valence-electron chi connectivity index (χ1n) is 7.51. The highest BCUT2D eigenvalue weighted by atomic mass is 35.5. The third-order valence-electron chi connectivity index (χ3n) is 3.51. The van der Waals surface area contributed by atoms with E-state index in [1.54, 1.807) is 0 Å². The van der Waals surface area contributed by atoms with Gasteiger partial charge in [-0.1, -0.05) is 23.2 Å². The minimum absolute atomic E-state index is 0.285. The van der Waals surface area contributed by atoms with Gasteiger partial charge in [0.1, 0.15) is 17.5 Å². The van der Waals surface area contributed by atoms with Crippen LogP contribution in [0.1, 0.15) is 37.6 Å². The number of hydrogen-bond acceptors (Lipinski definition) is 3. The summed E-state index contributed by atoms with van der Waals surface area (Å²) in [5, 5.41) is 14.2. The number of aromatic nitrogens is 2. The summed E-state index contributed by atoms with van der Waals surface area (Å²) >= 11 is 11.7. The van der Waals surface area contributed by atoms with Crippen molar-refractivity contribution < 1.29 is 26.3 Å². The van der Waals surface area contributed by atoms with E-state index in [0.29, 0.717) is 12.1 Å². The van der Waals surface area contributed by atoms with Gasteiger partial charge >= 0.3 is 12.4 Å². The topological polar surface area (TPSA) is 53.6 Å². The number of nitriles is 1. The lowest BCUT2D eigenvalue weighted by Gasteiger charge is -2.23.